The molecule has 0 bridgehead atoms. The molecule has 20 nitrogen and oxygen atoms in total. The molecule has 3 saturated heterocycles. The first kappa shape index (κ1) is 89.0. The number of nitrogens with zero attached hydrogens (tertiary/aromatic N) is 2. The van der Waals surface area contributed by atoms with E-state index in [1.54, 1.807) is 98.7 Å². The van der Waals surface area contributed by atoms with Crippen molar-refractivity contribution >= 4 is 143 Å². The molecule has 90 heavy (non-hydrogen) atoms. The van der Waals surface area contributed by atoms with Gasteiger partial charge in [-0.1, -0.05) is 101 Å². The van der Waals surface area contributed by atoms with Gasteiger partial charge in [0.2, 0.25) is 6.29 Å². The Morgan fingerprint density at radius 3 is 1.13 bits per heavy atom. The van der Waals surface area contributed by atoms with Gasteiger partial charge in [0, 0.05) is 59.6 Å². The van der Waals surface area contributed by atoms with E-state index in [9.17, 15) is 32.3 Å². The number of nitrogen functional groups attached to an aromatic ring is 2. The summed E-state index contributed by atoms with van der Waals surface area (Å²) >= 11 is 30.1. The van der Waals surface area contributed by atoms with Crippen LogP contribution in [-0.4, -0.2) is 138 Å². The number of morpholine rings is 3. The van der Waals surface area contributed by atoms with Crippen LogP contribution in [0.1, 0.15) is 105 Å². The fourth-order valence-corrected chi connectivity index (χ4v) is 7.54. The van der Waals surface area contributed by atoms with E-state index in [4.69, 9.17) is 95.8 Å². The lowest BCUT2D eigenvalue weighted by Gasteiger charge is -2.29. The Kier molecular flexibility index (Phi) is 43.1. The maximum atomic E-state index is 11.8. The predicted octanol–water partition coefficient (Wildman–Crippen LogP) is 17.6. The Bertz CT molecular complexity index is 2740. The number of nitrogens with two attached hydrogens (primary N) is 2. The van der Waals surface area contributed by atoms with Gasteiger partial charge in [0.05, 0.1) is 82.5 Å². The number of rotatable bonds is 4. The number of alkyl halides is 3. The van der Waals surface area contributed by atoms with Crippen LogP contribution in [0.3, 0.4) is 0 Å². The maximum Gasteiger partial charge on any atom is 0.519 e. The van der Waals surface area contributed by atoms with Crippen molar-refractivity contribution in [3.63, 3.8) is 0 Å². The molecular weight excluding hydrogens is 1400 g/mol. The molecule has 7 rings (SSSR count). The van der Waals surface area contributed by atoms with Crippen LogP contribution in [0.25, 0.3) is 0 Å². The van der Waals surface area contributed by atoms with E-state index in [-0.39, 0.29) is 22.3 Å². The molecular formula is C61H92Br2Cl4F3N7O13. The van der Waals surface area contributed by atoms with Crippen molar-refractivity contribution in [1.29, 1.82) is 0 Å². The molecule has 0 saturated carbocycles. The third-order valence-electron chi connectivity index (χ3n) is 9.77. The van der Waals surface area contributed by atoms with Crippen LogP contribution in [0.2, 0.25) is 20.1 Å². The zero-order chi connectivity index (χ0) is 66.3. The number of aldehydes is 1. The van der Waals surface area contributed by atoms with Crippen molar-refractivity contribution < 1.29 is 75.0 Å². The van der Waals surface area contributed by atoms with E-state index in [1.807, 2.05) is 57.2 Å². The molecule has 7 N–H and O–H groups in total. The zero-order valence-corrected chi connectivity index (χ0v) is 56.9. The summed E-state index contributed by atoms with van der Waals surface area (Å²) in [5.41, 5.74) is 13.2. The van der Waals surface area contributed by atoms with E-state index >= 15 is 0 Å². The van der Waals surface area contributed by atoms with Crippen LogP contribution in [0.5, 0.6) is 0 Å². The van der Waals surface area contributed by atoms with Crippen LogP contribution in [0, 0.1) is 0 Å². The minimum absolute atomic E-state index is 0. The molecule has 3 aliphatic heterocycles. The second-order valence-electron chi connectivity index (χ2n) is 22.2. The van der Waals surface area contributed by atoms with Gasteiger partial charge in [-0.05, 0) is 156 Å². The van der Waals surface area contributed by atoms with Gasteiger partial charge in [-0.15, -0.1) is 0 Å². The average Bonchev–Trinajstić information content (AvgIpc) is 1.03. The molecule has 4 aromatic carbocycles. The highest BCUT2D eigenvalue weighted by Gasteiger charge is 2.26. The summed E-state index contributed by atoms with van der Waals surface area (Å²) < 4.78 is 72.8. The predicted molar refractivity (Wildman–Crippen MR) is 365 cm³/mol. The Labute approximate surface area is 566 Å². The first-order chi connectivity index (χ1) is 40.2. The third-order valence-corrected chi connectivity index (χ3v) is 12.1. The van der Waals surface area contributed by atoms with E-state index in [0.717, 1.165) is 86.0 Å². The van der Waals surface area contributed by atoms with Crippen LogP contribution in [0.15, 0.2) is 81.7 Å². The number of amides is 2. The minimum Gasteiger partial charge on any atom is -0.444 e. The van der Waals surface area contributed by atoms with Gasteiger partial charge in [0.15, 0.2) is 0 Å². The summed E-state index contributed by atoms with van der Waals surface area (Å²) in [6.07, 6.45) is -8.85. The van der Waals surface area contributed by atoms with Crippen molar-refractivity contribution in [2.24, 2.45) is 0 Å². The molecule has 0 atom stereocenters. The molecule has 2 amide bonds. The lowest BCUT2D eigenvalue weighted by molar-refractivity contribution is -0.156. The van der Waals surface area contributed by atoms with Gasteiger partial charge in [-0.2, -0.15) is 13.2 Å². The summed E-state index contributed by atoms with van der Waals surface area (Å²) in [7, 11) is 0. The third kappa shape index (κ3) is 44.3. The molecule has 0 aromatic heterocycles. The summed E-state index contributed by atoms with van der Waals surface area (Å²) in [6.45, 7) is 31.2. The first-order valence-corrected chi connectivity index (χ1v) is 29.9. The highest BCUT2D eigenvalue weighted by Crippen LogP contribution is 2.30. The highest BCUT2D eigenvalue weighted by molar-refractivity contribution is 9.10. The van der Waals surface area contributed by atoms with Gasteiger partial charge < -0.3 is 64.5 Å². The molecule has 0 radical (unpaired) electrons. The summed E-state index contributed by atoms with van der Waals surface area (Å²) in [4.78, 5) is 58.5. The van der Waals surface area contributed by atoms with Gasteiger partial charge in [0.1, 0.15) is 22.4 Å². The highest BCUT2D eigenvalue weighted by atomic mass is 79.9. The van der Waals surface area contributed by atoms with E-state index in [1.165, 1.54) is 0 Å². The molecule has 29 heteroatoms. The molecule has 3 aliphatic rings. The smallest absolute Gasteiger partial charge is 0.444 e. The molecule has 3 fully saturated rings. The lowest BCUT2D eigenvalue weighted by Crippen LogP contribution is -2.36. The molecule has 4 aromatic rings. The zero-order valence-electron chi connectivity index (χ0n) is 50.7. The standard InChI is InChI=1S/C15H21ClN2O3.C11H13BrClNO2.C10H13ClN2O.C10H18O5.C6H5BrClN.C4H9NO.C2HF3O.3CH4/c1-15(2,3)21-14(19)17-13-10-11(4-5-12(13)16)18-6-8-20-9-7-18;1-11(2,3)16-10(15)14-9-6-7(12)4-5-8(9)13;11-9-2-1-8(7-10(9)12)13-3-5-14-6-4-13;1-9(2,3)14-7(11)13-8(12)15-10(4,5)6;7-4-1-2-5(8)6(9)3-4;1-3-6-4-2-5-1;3-2(4,5)1-6;;;/h4-5,10H,6-9H2,1-3H3,(H,17,19);4-6H,1-3H3,(H,14,15);1-2,7H,3-6,12H2;1-6H3;1-3H,9H2;5H,1-4H2;1H;3*1H4. The number of halogens is 9. The largest absolute Gasteiger partial charge is 0.519 e. The molecule has 0 spiro atoms. The van der Waals surface area contributed by atoms with Gasteiger partial charge >= 0.3 is 30.7 Å². The molecule has 0 aliphatic carbocycles. The molecule has 3 heterocycles. The number of benzene rings is 4. The fourth-order valence-electron chi connectivity index (χ4n) is 6.24. The van der Waals surface area contributed by atoms with Crippen molar-refractivity contribution in [2.75, 3.05) is 111 Å². The topological polar surface area (TPSA) is 254 Å². The van der Waals surface area contributed by atoms with Gasteiger partial charge in [-0.3, -0.25) is 15.4 Å². The minimum atomic E-state index is -4.64. The van der Waals surface area contributed by atoms with Crippen molar-refractivity contribution in [3.8, 4) is 0 Å². The second-order valence-corrected chi connectivity index (χ2v) is 25.6. The summed E-state index contributed by atoms with van der Waals surface area (Å²) in [5.74, 6) is 0. The monoisotopic (exact) mass is 1490 g/mol. The molecule has 512 valence electrons. The quantitative estimate of drug-likeness (QED) is 0.0418. The Hall–Kier alpha value is -5.22. The van der Waals surface area contributed by atoms with Crippen LogP contribution >= 0.6 is 78.3 Å². The Morgan fingerprint density at radius 1 is 0.511 bits per heavy atom. The van der Waals surface area contributed by atoms with E-state index < -0.39 is 59.4 Å². The normalized spacial score (nSPS) is 13.6. The number of ether oxygens (including phenoxy) is 8. The van der Waals surface area contributed by atoms with Gasteiger partial charge in [0.25, 0.3) is 0 Å². The average molecular weight is 1490 g/mol. The number of nitrogens with one attached hydrogen (secondary N) is 3. The number of carbonyl (C=O) groups is 5. The fraction of sp³-hybridized carbons (Fsp3) is 0.525. The lowest BCUT2D eigenvalue weighted by atomic mass is 10.2. The summed E-state index contributed by atoms with van der Waals surface area (Å²) in [6, 6.07) is 21.9. The number of hydrogen-bond acceptors (Lipinski definition) is 18. The Balaban J connectivity index is -0.00000101. The van der Waals surface area contributed by atoms with Crippen LogP contribution < -0.4 is 37.2 Å². The number of anilines is 6. The van der Waals surface area contributed by atoms with E-state index in [0.29, 0.717) is 56.1 Å². The van der Waals surface area contributed by atoms with E-state index in [2.05, 4.69) is 62.3 Å². The maximum absolute atomic E-state index is 11.8. The van der Waals surface area contributed by atoms with Crippen molar-refractivity contribution in [1.82, 2.24) is 5.32 Å². The molecule has 0 unspecified atom stereocenters. The number of carbonyl (C=O) groups excluding carboxylic acids is 5. The summed E-state index contributed by atoms with van der Waals surface area (Å²) in [5, 5.41) is 10.6. The first-order valence-electron chi connectivity index (χ1n) is 26.8. The van der Waals surface area contributed by atoms with Crippen molar-refractivity contribution in [3.05, 3.63) is 102 Å². The van der Waals surface area contributed by atoms with Gasteiger partial charge in [-0.25, -0.2) is 19.2 Å². The SMILES string of the molecule is C.C.C.C1COCCN1.CC(C)(C)OC(=O)Nc1cc(Br)ccc1Cl.CC(C)(C)OC(=O)Nc1cc(N2CCOCC2)ccc1Cl.CC(C)(C)OC(=O)OC(=O)OC(C)(C)C.Nc1cc(Br)ccc1Cl.Nc1cc(N2CCOCC2)ccc1Cl.O=CC(F)(F)F. The van der Waals surface area contributed by atoms with Crippen LogP contribution in [-0.2, 0) is 42.7 Å². The second kappa shape index (κ2) is 43.6. The number of hydrogen-bond donors (Lipinski definition) is 5. The Morgan fingerprint density at radius 2 is 0.822 bits per heavy atom. The van der Waals surface area contributed by atoms with Crippen LogP contribution in [0.4, 0.5) is 66.5 Å². The van der Waals surface area contributed by atoms with Crippen molar-refractivity contribution in [2.45, 2.75) is 134 Å².